The molecule has 0 fully saturated rings. The minimum atomic E-state index is 0.172. The van der Waals surface area contributed by atoms with Crippen molar-refractivity contribution in [1.82, 2.24) is 0 Å². The first-order valence-corrected chi connectivity index (χ1v) is 6.39. The SMILES string of the molecule is CSCC(N)c1ccc(C(C)C)cc1. The number of rotatable bonds is 4. The van der Waals surface area contributed by atoms with Crippen molar-refractivity contribution in [2.24, 2.45) is 5.73 Å². The van der Waals surface area contributed by atoms with E-state index in [1.165, 1.54) is 11.1 Å². The third-order valence-electron chi connectivity index (χ3n) is 2.38. The zero-order valence-corrected chi connectivity index (χ0v) is 9.97. The van der Waals surface area contributed by atoms with Crippen molar-refractivity contribution in [3.63, 3.8) is 0 Å². The molecule has 0 spiro atoms. The van der Waals surface area contributed by atoms with Gasteiger partial charge in [0.15, 0.2) is 0 Å². The Morgan fingerprint density at radius 3 is 2.07 bits per heavy atom. The van der Waals surface area contributed by atoms with E-state index >= 15 is 0 Å². The molecule has 2 heteroatoms. The topological polar surface area (TPSA) is 26.0 Å². The highest BCUT2D eigenvalue weighted by Crippen LogP contribution is 2.19. The molecule has 14 heavy (non-hydrogen) atoms. The van der Waals surface area contributed by atoms with E-state index in [0.29, 0.717) is 5.92 Å². The lowest BCUT2D eigenvalue weighted by Crippen LogP contribution is -2.12. The van der Waals surface area contributed by atoms with Crippen LogP contribution in [0.1, 0.15) is 36.9 Å². The van der Waals surface area contributed by atoms with Gasteiger partial charge in [0, 0.05) is 11.8 Å². The molecule has 78 valence electrons. The van der Waals surface area contributed by atoms with Crippen LogP contribution in [0, 0.1) is 0 Å². The molecule has 1 rings (SSSR count). The largest absolute Gasteiger partial charge is 0.323 e. The molecule has 0 heterocycles. The normalized spacial score (nSPS) is 13.2. The predicted molar refractivity (Wildman–Crippen MR) is 65.8 cm³/mol. The summed E-state index contributed by atoms with van der Waals surface area (Å²) in [6, 6.07) is 8.83. The maximum atomic E-state index is 6.01. The average Bonchev–Trinajstić information content (AvgIpc) is 2.18. The Kier molecular flexibility index (Phi) is 4.49. The Morgan fingerprint density at radius 1 is 1.14 bits per heavy atom. The van der Waals surface area contributed by atoms with Gasteiger partial charge in [-0.3, -0.25) is 0 Å². The number of hydrogen-bond donors (Lipinski definition) is 1. The summed E-state index contributed by atoms with van der Waals surface area (Å²) in [6.45, 7) is 4.41. The fourth-order valence-electron chi connectivity index (χ4n) is 1.40. The molecule has 0 bridgehead atoms. The third kappa shape index (κ3) is 3.03. The quantitative estimate of drug-likeness (QED) is 0.824. The number of nitrogens with two attached hydrogens (primary N) is 1. The monoisotopic (exact) mass is 209 g/mol. The van der Waals surface area contributed by atoms with Crippen LogP contribution in [-0.4, -0.2) is 12.0 Å². The zero-order chi connectivity index (χ0) is 10.6. The molecular formula is C12H19NS. The lowest BCUT2D eigenvalue weighted by atomic mass is 10.00. The second kappa shape index (κ2) is 5.42. The van der Waals surface area contributed by atoms with E-state index < -0.39 is 0 Å². The van der Waals surface area contributed by atoms with E-state index in [-0.39, 0.29) is 6.04 Å². The summed E-state index contributed by atoms with van der Waals surface area (Å²) < 4.78 is 0. The van der Waals surface area contributed by atoms with Crippen molar-refractivity contribution in [2.45, 2.75) is 25.8 Å². The van der Waals surface area contributed by atoms with Crippen molar-refractivity contribution in [1.29, 1.82) is 0 Å². The number of benzene rings is 1. The Labute approximate surface area is 91.1 Å². The van der Waals surface area contributed by atoms with Gasteiger partial charge in [0.05, 0.1) is 0 Å². The molecule has 1 nitrogen and oxygen atoms in total. The first-order chi connectivity index (χ1) is 6.65. The van der Waals surface area contributed by atoms with Gasteiger partial charge in [-0.25, -0.2) is 0 Å². The van der Waals surface area contributed by atoms with Crippen molar-refractivity contribution < 1.29 is 0 Å². The molecule has 0 aliphatic rings. The summed E-state index contributed by atoms with van der Waals surface area (Å²) in [7, 11) is 0. The average molecular weight is 209 g/mol. The Balaban J connectivity index is 2.72. The highest BCUT2D eigenvalue weighted by Gasteiger charge is 2.05. The maximum Gasteiger partial charge on any atom is 0.0386 e. The van der Waals surface area contributed by atoms with E-state index in [2.05, 4.69) is 44.4 Å². The minimum absolute atomic E-state index is 0.172. The van der Waals surface area contributed by atoms with E-state index in [9.17, 15) is 0 Å². The van der Waals surface area contributed by atoms with Crippen LogP contribution in [0.5, 0.6) is 0 Å². The Bertz CT molecular complexity index is 266. The fourth-order valence-corrected chi connectivity index (χ4v) is 1.96. The molecule has 1 atom stereocenters. The van der Waals surface area contributed by atoms with Gasteiger partial charge < -0.3 is 5.73 Å². The van der Waals surface area contributed by atoms with Crippen LogP contribution < -0.4 is 5.73 Å². The standard InChI is InChI=1S/C12H19NS/c1-9(2)10-4-6-11(7-5-10)12(13)8-14-3/h4-7,9,12H,8,13H2,1-3H3. The first-order valence-electron chi connectivity index (χ1n) is 4.99. The highest BCUT2D eigenvalue weighted by molar-refractivity contribution is 7.98. The molecule has 1 aromatic rings. The third-order valence-corrected chi connectivity index (χ3v) is 3.07. The van der Waals surface area contributed by atoms with Crippen LogP contribution in [0.3, 0.4) is 0 Å². The van der Waals surface area contributed by atoms with Crippen molar-refractivity contribution in [2.75, 3.05) is 12.0 Å². The summed E-state index contributed by atoms with van der Waals surface area (Å²) >= 11 is 1.79. The lowest BCUT2D eigenvalue weighted by Gasteiger charge is -2.12. The van der Waals surface area contributed by atoms with Gasteiger partial charge in [-0.2, -0.15) is 11.8 Å². The summed E-state index contributed by atoms with van der Waals surface area (Å²) in [5.74, 6) is 1.59. The van der Waals surface area contributed by atoms with Gasteiger partial charge >= 0.3 is 0 Å². The smallest absolute Gasteiger partial charge is 0.0386 e. The second-order valence-corrected chi connectivity index (χ2v) is 4.79. The molecular weight excluding hydrogens is 190 g/mol. The van der Waals surface area contributed by atoms with Gasteiger partial charge in [0.1, 0.15) is 0 Å². The molecule has 0 aromatic heterocycles. The first kappa shape index (κ1) is 11.6. The van der Waals surface area contributed by atoms with Gasteiger partial charge in [-0.05, 0) is 23.3 Å². The summed E-state index contributed by atoms with van der Waals surface area (Å²) in [5, 5.41) is 0. The van der Waals surface area contributed by atoms with Crippen LogP contribution in [0.2, 0.25) is 0 Å². The second-order valence-electron chi connectivity index (χ2n) is 3.88. The zero-order valence-electron chi connectivity index (χ0n) is 9.16. The summed E-state index contributed by atoms with van der Waals surface area (Å²) in [4.78, 5) is 0. The maximum absolute atomic E-state index is 6.01. The molecule has 0 aliphatic heterocycles. The van der Waals surface area contributed by atoms with Crippen molar-refractivity contribution in [3.8, 4) is 0 Å². The molecule has 1 aromatic carbocycles. The predicted octanol–water partition coefficient (Wildman–Crippen LogP) is 3.17. The van der Waals surface area contributed by atoms with Crippen LogP contribution in [0.25, 0.3) is 0 Å². The molecule has 0 saturated carbocycles. The fraction of sp³-hybridized carbons (Fsp3) is 0.500. The lowest BCUT2D eigenvalue weighted by molar-refractivity contribution is 0.823. The van der Waals surface area contributed by atoms with E-state index in [1.54, 1.807) is 11.8 Å². The number of thioether (sulfide) groups is 1. The molecule has 0 saturated heterocycles. The van der Waals surface area contributed by atoms with E-state index in [0.717, 1.165) is 5.75 Å². The minimum Gasteiger partial charge on any atom is -0.323 e. The van der Waals surface area contributed by atoms with E-state index in [4.69, 9.17) is 5.73 Å². The van der Waals surface area contributed by atoms with Gasteiger partial charge in [0.2, 0.25) is 0 Å². The highest BCUT2D eigenvalue weighted by atomic mass is 32.2. The van der Waals surface area contributed by atoms with Gasteiger partial charge in [-0.15, -0.1) is 0 Å². The van der Waals surface area contributed by atoms with Crippen LogP contribution >= 0.6 is 11.8 Å². The molecule has 0 radical (unpaired) electrons. The van der Waals surface area contributed by atoms with E-state index in [1.807, 2.05) is 0 Å². The Hall–Kier alpha value is -0.470. The number of hydrogen-bond acceptors (Lipinski definition) is 2. The summed E-state index contributed by atoms with van der Waals surface area (Å²) in [5.41, 5.74) is 8.63. The molecule has 0 amide bonds. The van der Waals surface area contributed by atoms with Crippen molar-refractivity contribution in [3.05, 3.63) is 35.4 Å². The van der Waals surface area contributed by atoms with Crippen molar-refractivity contribution >= 4 is 11.8 Å². The molecule has 2 N–H and O–H groups in total. The molecule has 0 aliphatic carbocycles. The van der Waals surface area contributed by atoms with Crippen LogP contribution in [-0.2, 0) is 0 Å². The van der Waals surface area contributed by atoms with Crippen LogP contribution in [0.15, 0.2) is 24.3 Å². The van der Waals surface area contributed by atoms with Gasteiger partial charge in [0.25, 0.3) is 0 Å². The van der Waals surface area contributed by atoms with Gasteiger partial charge in [-0.1, -0.05) is 38.1 Å². The summed E-state index contributed by atoms with van der Waals surface area (Å²) in [6.07, 6.45) is 2.09. The van der Waals surface area contributed by atoms with Crippen LogP contribution in [0.4, 0.5) is 0 Å². The molecule has 1 unspecified atom stereocenters. The Morgan fingerprint density at radius 2 is 1.64 bits per heavy atom.